The molecular formula is C15H21NO2. The van der Waals surface area contributed by atoms with Gasteiger partial charge in [-0.05, 0) is 6.92 Å². The molecule has 1 fully saturated rings. The highest BCUT2D eigenvalue weighted by atomic mass is 16.5. The number of ether oxygens (including phenoxy) is 1. The number of rotatable bonds is 4. The van der Waals surface area contributed by atoms with Gasteiger partial charge in [-0.25, -0.2) is 0 Å². The highest BCUT2D eigenvalue weighted by molar-refractivity contribution is 5.97. The van der Waals surface area contributed by atoms with E-state index in [-0.39, 0.29) is 17.8 Å². The summed E-state index contributed by atoms with van der Waals surface area (Å²) in [4.78, 5) is 14.6. The van der Waals surface area contributed by atoms with Crippen LogP contribution >= 0.6 is 0 Å². The molecular weight excluding hydrogens is 226 g/mol. The Morgan fingerprint density at radius 3 is 2.83 bits per heavy atom. The largest absolute Gasteiger partial charge is 0.376 e. The Bertz CT molecular complexity index is 391. The minimum atomic E-state index is 0.0395. The summed E-state index contributed by atoms with van der Waals surface area (Å²) in [6.45, 7) is 7.53. The minimum Gasteiger partial charge on any atom is -0.376 e. The lowest BCUT2D eigenvalue weighted by Crippen LogP contribution is -2.44. The van der Waals surface area contributed by atoms with E-state index in [1.54, 1.807) is 0 Å². The quantitative estimate of drug-likeness (QED) is 0.764. The third-order valence-corrected chi connectivity index (χ3v) is 3.36. The predicted molar refractivity (Wildman–Crippen MR) is 71.8 cm³/mol. The van der Waals surface area contributed by atoms with E-state index in [0.717, 1.165) is 31.8 Å². The fourth-order valence-electron chi connectivity index (χ4n) is 2.41. The van der Waals surface area contributed by atoms with Gasteiger partial charge in [-0.3, -0.25) is 9.69 Å². The lowest BCUT2D eigenvalue weighted by Gasteiger charge is -2.32. The van der Waals surface area contributed by atoms with Gasteiger partial charge in [0.15, 0.2) is 5.78 Å². The van der Waals surface area contributed by atoms with E-state index < -0.39 is 0 Å². The van der Waals surface area contributed by atoms with Crippen LogP contribution in [0.4, 0.5) is 0 Å². The molecule has 3 heteroatoms. The zero-order chi connectivity index (χ0) is 13.0. The van der Waals surface area contributed by atoms with Crippen molar-refractivity contribution in [3.8, 4) is 0 Å². The number of hydrogen-bond donors (Lipinski definition) is 0. The van der Waals surface area contributed by atoms with E-state index >= 15 is 0 Å². The molecule has 0 N–H and O–H groups in total. The number of benzene rings is 1. The van der Waals surface area contributed by atoms with Crippen molar-refractivity contribution in [3.05, 3.63) is 35.9 Å². The molecule has 1 aliphatic rings. The number of nitrogens with zero attached hydrogens (tertiary/aromatic N) is 1. The van der Waals surface area contributed by atoms with Gasteiger partial charge in [0.05, 0.1) is 12.7 Å². The molecule has 98 valence electrons. The van der Waals surface area contributed by atoms with Crippen LogP contribution in [0.25, 0.3) is 0 Å². The van der Waals surface area contributed by atoms with Gasteiger partial charge >= 0.3 is 0 Å². The van der Waals surface area contributed by atoms with Crippen molar-refractivity contribution in [1.29, 1.82) is 0 Å². The van der Waals surface area contributed by atoms with E-state index in [0.29, 0.717) is 0 Å². The molecule has 0 aliphatic carbocycles. The number of ketones is 1. The number of morpholine rings is 1. The van der Waals surface area contributed by atoms with Crippen molar-refractivity contribution in [2.45, 2.75) is 20.0 Å². The molecule has 1 heterocycles. The highest BCUT2D eigenvalue weighted by Gasteiger charge is 2.22. The molecule has 3 nitrogen and oxygen atoms in total. The van der Waals surface area contributed by atoms with Crippen molar-refractivity contribution >= 4 is 5.78 Å². The van der Waals surface area contributed by atoms with Crippen molar-refractivity contribution in [2.75, 3.05) is 26.2 Å². The number of carbonyl (C=O) groups is 1. The summed E-state index contributed by atoms with van der Waals surface area (Å²) in [5.41, 5.74) is 0.811. The molecule has 0 bridgehead atoms. The Labute approximate surface area is 109 Å². The predicted octanol–water partition coefficient (Wildman–Crippen LogP) is 2.23. The van der Waals surface area contributed by atoms with Gasteiger partial charge < -0.3 is 4.74 Å². The smallest absolute Gasteiger partial charge is 0.166 e. The van der Waals surface area contributed by atoms with Gasteiger partial charge in [0.2, 0.25) is 0 Å². The molecule has 1 aliphatic heterocycles. The van der Waals surface area contributed by atoms with E-state index in [4.69, 9.17) is 4.74 Å². The Balaban J connectivity index is 1.91. The van der Waals surface area contributed by atoms with Crippen LogP contribution in [0.15, 0.2) is 30.3 Å². The molecule has 0 aromatic heterocycles. The first-order chi connectivity index (χ1) is 8.66. The first-order valence-electron chi connectivity index (χ1n) is 6.60. The number of carbonyl (C=O) groups excluding carboxylic acids is 1. The lowest BCUT2D eigenvalue weighted by atomic mass is 9.98. The Morgan fingerprint density at radius 1 is 1.44 bits per heavy atom. The summed E-state index contributed by atoms with van der Waals surface area (Å²) in [5.74, 6) is 0.271. The molecule has 2 atom stereocenters. The molecule has 2 unspecified atom stereocenters. The first-order valence-corrected chi connectivity index (χ1v) is 6.60. The summed E-state index contributed by atoms with van der Waals surface area (Å²) >= 11 is 0. The monoisotopic (exact) mass is 247 g/mol. The normalized spacial score (nSPS) is 22.7. The van der Waals surface area contributed by atoms with Crippen LogP contribution in [0.2, 0.25) is 0 Å². The molecule has 0 saturated carbocycles. The molecule has 1 saturated heterocycles. The van der Waals surface area contributed by atoms with Crippen LogP contribution in [0.3, 0.4) is 0 Å². The van der Waals surface area contributed by atoms with E-state index in [1.807, 2.05) is 37.3 Å². The van der Waals surface area contributed by atoms with Gasteiger partial charge in [-0.15, -0.1) is 0 Å². The summed E-state index contributed by atoms with van der Waals surface area (Å²) in [7, 11) is 0. The zero-order valence-electron chi connectivity index (χ0n) is 11.1. The minimum absolute atomic E-state index is 0.0395. The molecule has 2 rings (SSSR count). The topological polar surface area (TPSA) is 29.5 Å². The molecule has 0 radical (unpaired) electrons. The average Bonchev–Trinajstić information content (AvgIpc) is 2.39. The average molecular weight is 247 g/mol. The number of Topliss-reactive ketones (excluding diaryl/α,β-unsaturated/α-hetero) is 1. The highest BCUT2D eigenvalue weighted by Crippen LogP contribution is 2.12. The van der Waals surface area contributed by atoms with Crippen LogP contribution in [0, 0.1) is 5.92 Å². The van der Waals surface area contributed by atoms with Crippen molar-refractivity contribution < 1.29 is 9.53 Å². The van der Waals surface area contributed by atoms with Crippen molar-refractivity contribution in [2.24, 2.45) is 5.92 Å². The Morgan fingerprint density at radius 2 is 2.17 bits per heavy atom. The lowest BCUT2D eigenvalue weighted by molar-refractivity contribution is -0.0215. The molecule has 0 amide bonds. The molecule has 18 heavy (non-hydrogen) atoms. The van der Waals surface area contributed by atoms with Crippen LogP contribution < -0.4 is 0 Å². The van der Waals surface area contributed by atoms with Gasteiger partial charge in [0.25, 0.3) is 0 Å². The fourth-order valence-corrected chi connectivity index (χ4v) is 2.41. The van der Waals surface area contributed by atoms with E-state index in [1.165, 1.54) is 0 Å². The van der Waals surface area contributed by atoms with Gasteiger partial charge in [0.1, 0.15) is 0 Å². The second-order valence-corrected chi connectivity index (χ2v) is 5.07. The second kappa shape index (κ2) is 6.12. The third-order valence-electron chi connectivity index (χ3n) is 3.36. The number of hydrogen-bond acceptors (Lipinski definition) is 3. The fraction of sp³-hybridized carbons (Fsp3) is 0.533. The maximum atomic E-state index is 12.2. The maximum absolute atomic E-state index is 12.2. The van der Waals surface area contributed by atoms with Gasteiger partial charge in [0, 0.05) is 31.1 Å². The van der Waals surface area contributed by atoms with Crippen LogP contribution in [0.5, 0.6) is 0 Å². The zero-order valence-corrected chi connectivity index (χ0v) is 11.1. The molecule has 0 spiro atoms. The van der Waals surface area contributed by atoms with E-state index in [2.05, 4.69) is 11.8 Å². The Kier molecular flexibility index (Phi) is 4.50. The summed E-state index contributed by atoms with van der Waals surface area (Å²) in [5, 5.41) is 0. The van der Waals surface area contributed by atoms with Gasteiger partial charge in [-0.1, -0.05) is 37.3 Å². The SMILES string of the molecule is CC1CN(CC(C)C(=O)c2ccccc2)CCO1. The van der Waals surface area contributed by atoms with Crippen LogP contribution in [0.1, 0.15) is 24.2 Å². The van der Waals surface area contributed by atoms with Crippen LogP contribution in [-0.2, 0) is 4.74 Å². The molecule has 1 aromatic rings. The van der Waals surface area contributed by atoms with E-state index in [9.17, 15) is 4.79 Å². The second-order valence-electron chi connectivity index (χ2n) is 5.07. The van der Waals surface area contributed by atoms with Gasteiger partial charge in [-0.2, -0.15) is 0 Å². The Hall–Kier alpha value is -1.19. The summed E-state index contributed by atoms with van der Waals surface area (Å²) in [6, 6.07) is 9.54. The van der Waals surface area contributed by atoms with Crippen molar-refractivity contribution in [1.82, 2.24) is 4.90 Å². The third kappa shape index (κ3) is 3.40. The van der Waals surface area contributed by atoms with Crippen molar-refractivity contribution in [3.63, 3.8) is 0 Å². The summed E-state index contributed by atoms with van der Waals surface area (Å²) in [6.07, 6.45) is 0.276. The molecule has 1 aromatic carbocycles. The maximum Gasteiger partial charge on any atom is 0.166 e. The first kappa shape index (κ1) is 13.2. The standard InChI is InChI=1S/C15H21NO2/c1-12(10-16-8-9-18-13(2)11-16)15(17)14-6-4-3-5-7-14/h3-7,12-13H,8-11H2,1-2H3. The summed E-state index contributed by atoms with van der Waals surface area (Å²) < 4.78 is 5.51. The van der Waals surface area contributed by atoms with Crippen LogP contribution in [-0.4, -0.2) is 43.0 Å².